The number of aromatic hydroxyl groups is 1. The van der Waals surface area contributed by atoms with Crippen LogP contribution in [0.2, 0.25) is 5.15 Å². The number of ether oxygens (including phenoxy) is 1. The zero-order chi connectivity index (χ0) is 9.59. The van der Waals surface area contributed by atoms with Gasteiger partial charge in [-0.05, 0) is 6.92 Å². The normalized spacial score (nSPS) is 14.2. The number of aromatic nitrogens is 1. The number of carbonyl (C=O) groups excluding carboxylic acids is 1. The van der Waals surface area contributed by atoms with Crippen molar-refractivity contribution in [3.05, 3.63) is 22.0 Å². The third-order valence-electron chi connectivity index (χ3n) is 1.95. The lowest BCUT2D eigenvalue weighted by molar-refractivity contribution is 0.0534. The van der Waals surface area contributed by atoms with Crippen molar-refractivity contribution in [2.45, 2.75) is 13.5 Å². The minimum absolute atomic E-state index is 0.00903. The first kappa shape index (κ1) is 8.31. The molecule has 0 aromatic carbocycles. The molecule has 0 radical (unpaired) electrons. The molecule has 0 saturated heterocycles. The summed E-state index contributed by atoms with van der Waals surface area (Å²) in [7, 11) is 0. The van der Waals surface area contributed by atoms with E-state index in [4.69, 9.17) is 16.3 Å². The molecule has 0 aliphatic carbocycles. The molecular formula is C8H6ClNO3. The third kappa shape index (κ3) is 1.06. The molecule has 0 spiro atoms. The smallest absolute Gasteiger partial charge is 0.342 e. The van der Waals surface area contributed by atoms with E-state index in [-0.39, 0.29) is 23.1 Å². The van der Waals surface area contributed by atoms with Crippen LogP contribution >= 0.6 is 11.6 Å². The third-order valence-corrected chi connectivity index (χ3v) is 2.23. The van der Waals surface area contributed by atoms with Gasteiger partial charge in [0.2, 0.25) is 0 Å². The maximum Gasteiger partial charge on any atom is 0.342 e. The molecule has 0 fully saturated rings. The Balaban J connectivity index is 2.76. The molecule has 13 heavy (non-hydrogen) atoms. The Kier molecular flexibility index (Phi) is 1.66. The molecule has 1 aliphatic rings. The Morgan fingerprint density at radius 2 is 2.31 bits per heavy atom. The van der Waals surface area contributed by atoms with Crippen LogP contribution in [-0.2, 0) is 11.3 Å². The summed E-state index contributed by atoms with van der Waals surface area (Å²) < 4.78 is 4.72. The Hall–Kier alpha value is -1.29. The molecular weight excluding hydrogens is 194 g/mol. The predicted octanol–water partition coefficient (Wildman–Crippen LogP) is 1.42. The fraction of sp³-hybridized carbons (Fsp3) is 0.250. The highest BCUT2D eigenvalue weighted by atomic mass is 35.5. The van der Waals surface area contributed by atoms with E-state index in [9.17, 15) is 9.90 Å². The van der Waals surface area contributed by atoms with E-state index in [0.717, 1.165) is 0 Å². The van der Waals surface area contributed by atoms with Crippen LogP contribution < -0.4 is 0 Å². The first-order chi connectivity index (χ1) is 6.11. The quantitative estimate of drug-likeness (QED) is 0.507. The predicted molar refractivity (Wildman–Crippen MR) is 44.8 cm³/mol. The highest BCUT2D eigenvalue weighted by Crippen LogP contribution is 2.34. The largest absolute Gasteiger partial charge is 0.506 e. The molecule has 2 rings (SSSR count). The Bertz CT molecular complexity index is 403. The first-order valence-corrected chi connectivity index (χ1v) is 4.04. The van der Waals surface area contributed by atoms with Gasteiger partial charge in [-0.1, -0.05) is 11.6 Å². The average molecular weight is 200 g/mol. The minimum Gasteiger partial charge on any atom is -0.506 e. The summed E-state index contributed by atoms with van der Waals surface area (Å²) in [6.45, 7) is 1.69. The fourth-order valence-electron chi connectivity index (χ4n) is 1.28. The molecule has 0 saturated carbocycles. The number of esters is 1. The van der Waals surface area contributed by atoms with Gasteiger partial charge in [0.05, 0.1) is 11.3 Å². The highest BCUT2D eigenvalue weighted by molar-refractivity contribution is 6.32. The summed E-state index contributed by atoms with van der Waals surface area (Å²) in [4.78, 5) is 14.9. The number of hydrogen-bond donors (Lipinski definition) is 1. The highest BCUT2D eigenvalue weighted by Gasteiger charge is 2.29. The lowest BCUT2D eigenvalue weighted by atomic mass is 10.1. The maximum absolute atomic E-state index is 11.1. The van der Waals surface area contributed by atoms with Crippen molar-refractivity contribution < 1.29 is 14.6 Å². The van der Waals surface area contributed by atoms with E-state index in [1.165, 1.54) is 0 Å². The van der Waals surface area contributed by atoms with E-state index < -0.39 is 5.97 Å². The minimum atomic E-state index is -0.525. The molecule has 1 aromatic rings. The summed E-state index contributed by atoms with van der Waals surface area (Å²) in [5.74, 6) is -0.534. The van der Waals surface area contributed by atoms with Crippen LogP contribution in [0, 0.1) is 6.92 Å². The molecule has 1 aromatic heterocycles. The molecule has 5 heteroatoms. The number of fused-ring (bicyclic) bond motifs is 1. The lowest BCUT2D eigenvalue weighted by Crippen LogP contribution is -1.98. The number of pyridine rings is 1. The molecule has 2 heterocycles. The number of cyclic esters (lactones) is 1. The van der Waals surface area contributed by atoms with Gasteiger partial charge in [-0.3, -0.25) is 0 Å². The second-order valence-electron chi connectivity index (χ2n) is 2.77. The molecule has 0 amide bonds. The summed E-state index contributed by atoms with van der Waals surface area (Å²) in [6, 6.07) is 0. The number of halogens is 1. The van der Waals surface area contributed by atoms with Crippen LogP contribution in [0.1, 0.15) is 21.6 Å². The molecule has 4 nitrogen and oxygen atoms in total. The molecule has 1 aliphatic heterocycles. The van der Waals surface area contributed by atoms with Gasteiger partial charge in [0.1, 0.15) is 23.1 Å². The number of nitrogens with zero attached hydrogens (tertiary/aromatic N) is 1. The second kappa shape index (κ2) is 2.60. The lowest BCUT2D eigenvalue weighted by Gasteiger charge is -2.02. The summed E-state index contributed by atoms with van der Waals surface area (Å²) >= 11 is 5.72. The first-order valence-electron chi connectivity index (χ1n) is 3.66. The van der Waals surface area contributed by atoms with Crippen molar-refractivity contribution in [1.82, 2.24) is 4.98 Å². The molecule has 68 valence electrons. The van der Waals surface area contributed by atoms with Gasteiger partial charge in [0.25, 0.3) is 0 Å². The summed E-state index contributed by atoms with van der Waals surface area (Å²) in [5.41, 5.74) is 1.02. The standard InChI is InChI=1S/C8H6ClNO3/c1-3-6(11)4-2-13-8(12)5(4)7(9)10-3/h11H,2H2,1H3. The second-order valence-corrected chi connectivity index (χ2v) is 3.12. The van der Waals surface area contributed by atoms with Gasteiger partial charge >= 0.3 is 5.97 Å². The summed E-state index contributed by atoms with van der Waals surface area (Å²) in [5, 5.41) is 9.60. The summed E-state index contributed by atoms with van der Waals surface area (Å²) in [6.07, 6.45) is 0. The molecule has 0 atom stereocenters. The van der Waals surface area contributed by atoms with Crippen molar-refractivity contribution in [2.75, 3.05) is 0 Å². The van der Waals surface area contributed by atoms with Crippen molar-refractivity contribution in [3.63, 3.8) is 0 Å². The molecule has 1 N–H and O–H groups in total. The van der Waals surface area contributed by atoms with Crippen molar-refractivity contribution >= 4 is 17.6 Å². The number of carbonyl (C=O) groups is 1. The van der Waals surface area contributed by atoms with Crippen LogP contribution in [0.4, 0.5) is 0 Å². The monoisotopic (exact) mass is 199 g/mol. The van der Waals surface area contributed by atoms with Crippen molar-refractivity contribution in [2.24, 2.45) is 0 Å². The van der Waals surface area contributed by atoms with Gasteiger partial charge in [-0.25, -0.2) is 9.78 Å². The van der Waals surface area contributed by atoms with Crippen LogP contribution in [0.5, 0.6) is 5.75 Å². The number of rotatable bonds is 0. The van der Waals surface area contributed by atoms with Crippen LogP contribution in [0.25, 0.3) is 0 Å². The zero-order valence-corrected chi connectivity index (χ0v) is 7.55. The van der Waals surface area contributed by atoms with Crippen LogP contribution in [0.3, 0.4) is 0 Å². The zero-order valence-electron chi connectivity index (χ0n) is 6.80. The van der Waals surface area contributed by atoms with Gasteiger partial charge in [0.15, 0.2) is 0 Å². The van der Waals surface area contributed by atoms with Gasteiger partial charge in [0, 0.05) is 0 Å². The van der Waals surface area contributed by atoms with Crippen LogP contribution in [-0.4, -0.2) is 16.1 Å². The van der Waals surface area contributed by atoms with Gasteiger partial charge in [-0.2, -0.15) is 0 Å². The Morgan fingerprint density at radius 3 is 3.00 bits per heavy atom. The van der Waals surface area contributed by atoms with E-state index in [1.54, 1.807) is 6.92 Å². The van der Waals surface area contributed by atoms with Crippen LogP contribution in [0.15, 0.2) is 0 Å². The Labute approximate surface area is 79.1 Å². The van der Waals surface area contributed by atoms with E-state index in [0.29, 0.717) is 11.3 Å². The Morgan fingerprint density at radius 1 is 1.62 bits per heavy atom. The molecule has 0 unspecified atom stereocenters. The number of hydrogen-bond acceptors (Lipinski definition) is 4. The topological polar surface area (TPSA) is 59.4 Å². The van der Waals surface area contributed by atoms with E-state index >= 15 is 0 Å². The fourth-order valence-corrected chi connectivity index (χ4v) is 1.59. The van der Waals surface area contributed by atoms with E-state index in [1.807, 2.05) is 0 Å². The van der Waals surface area contributed by atoms with E-state index in [2.05, 4.69) is 4.98 Å². The van der Waals surface area contributed by atoms with Gasteiger partial charge in [-0.15, -0.1) is 0 Å². The number of aryl methyl sites for hydroxylation is 1. The van der Waals surface area contributed by atoms with Crippen molar-refractivity contribution in [1.29, 1.82) is 0 Å². The molecule has 0 bridgehead atoms. The average Bonchev–Trinajstić information content (AvgIpc) is 2.44. The van der Waals surface area contributed by atoms with Gasteiger partial charge < -0.3 is 9.84 Å². The SMILES string of the molecule is Cc1nc(Cl)c2c(c1O)COC2=O. The van der Waals surface area contributed by atoms with Crippen molar-refractivity contribution in [3.8, 4) is 5.75 Å². The maximum atomic E-state index is 11.1.